The summed E-state index contributed by atoms with van der Waals surface area (Å²) in [5.41, 5.74) is 0.859. The van der Waals surface area contributed by atoms with Crippen molar-refractivity contribution in [3.05, 3.63) is 35.9 Å². The third-order valence-electron chi connectivity index (χ3n) is 9.53. The van der Waals surface area contributed by atoms with Crippen LogP contribution in [0, 0.1) is 40.4 Å². The lowest BCUT2D eigenvalue weighted by atomic mass is 9.57. The van der Waals surface area contributed by atoms with Crippen LogP contribution in [0.4, 0.5) is 0 Å². The van der Waals surface area contributed by atoms with Crippen molar-refractivity contribution in [2.45, 2.75) is 112 Å². The van der Waals surface area contributed by atoms with E-state index in [0.29, 0.717) is 37.8 Å². The molecule has 0 amide bonds. The van der Waals surface area contributed by atoms with E-state index in [4.69, 9.17) is 18.9 Å². The summed E-state index contributed by atoms with van der Waals surface area (Å²) >= 11 is 0. The van der Waals surface area contributed by atoms with E-state index >= 15 is 0 Å². The van der Waals surface area contributed by atoms with Gasteiger partial charge in [0.2, 0.25) is 0 Å². The molecule has 39 heavy (non-hydrogen) atoms. The van der Waals surface area contributed by atoms with Gasteiger partial charge in [-0.3, -0.25) is 4.79 Å². The normalized spacial score (nSPS) is 29.8. The summed E-state index contributed by atoms with van der Waals surface area (Å²) in [6.07, 6.45) is 8.11. The quantitative estimate of drug-likeness (QED) is 0.175. The number of ether oxygens (including phenoxy) is 4. The predicted molar refractivity (Wildman–Crippen MR) is 157 cm³/mol. The van der Waals surface area contributed by atoms with Crippen molar-refractivity contribution < 1.29 is 23.7 Å². The van der Waals surface area contributed by atoms with Crippen LogP contribution in [0.15, 0.2) is 30.3 Å². The van der Waals surface area contributed by atoms with Crippen LogP contribution in [0.5, 0.6) is 0 Å². The summed E-state index contributed by atoms with van der Waals surface area (Å²) in [4.78, 5) is 12.6. The molecule has 3 rings (SSSR count). The highest BCUT2D eigenvalue weighted by Crippen LogP contribution is 2.61. The molecule has 0 aliphatic heterocycles. The number of hydrogen-bond donors (Lipinski definition) is 0. The van der Waals surface area contributed by atoms with Crippen molar-refractivity contribution >= 4 is 5.97 Å². The largest absolute Gasteiger partial charge is 0.465 e. The molecule has 0 saturated heterocycles. The molecule has 0 N–H and O–H groups in total. The van der Waals surface area contributed by atoms with Gasteiger partial charge in [-0.2, -0.15) is 0 Å². The first-order chi connectivity index (χ1) is 18.5. The number of hydrogen-bond acceptors (Lipinski definition) is 5. The Morgan fingerprint density at radius 1 is 1.05 bits per heavy atom. The summed E-state index contributed by atoms with van der Waals surface area (Å²) in [6, 6.07) is 10.4. The van der Waals surface area contributed by atoms with Crippen LogP contribution < -0.4 is 0 Å². The highest BCUT2D eigenvalue weighted by Gasteiger charge is 2.59. The van der Waals surface area contributed by atoms with Gasteiger partial charge in [-0.1, -0.05) is 77.3 Å². The van der Waals surface area contributed by atoms with Gasteiger partial charge in [-0.05, 0) is 87.0 Å². The van der Waals surface area contributed by atoms with Crippen molar-refractivity contribution in [2.24, 2.45) is 40.4 Å². The Morgan fingerprint density at radius 3 is 2.41 bits per heavy atom. The molecular formula is C34H56O5. The lowest BCUT2D eigenvalue weighted by Crippen LogP contribution is -2.49. The molecule has 5 nitrogen and oxygen atoms in total. The Bertz CT molecular complexity index is 862. The van der Waals surface area contributed by atoms with E-state index in [0.717, 1.165) is 31.6 Å². The zero-order valence-electron chi connectivity index (χ0n) is 26.0. The maximum atomic E-state index is 12.6. The van der Waals surface area contributed by atoms with Crippen LogP contribution in [-0.2, 0) is 30.3 Å². The fraction of sp³-hybridized carbons (Fsp3) is 0.794. The first kappa shape index (κ1) is 32.1. The standard InChI is InChI=1S/C34H56O5/c1-24(2)13-12-14-25(3)28-21-30(39-23-36-8)31-27(18-20-37-32(35)33(4,5)6)29(17-19-34(28,31)7)38-22-26-15-10-9-11-16-26/h9-11,15-16,24-25,27-31H,12-14,17-23H2,1-8H3/t25-,27-,28-,29-,30+,31-,34-/m1/s1. The summed E-state index contributed by atoms with van der Waals surface area (Å²) in [5, 5.41) is 0. The first-order valence-corrected chi connectivity index (χ1v) is 15.4. The monoisotopic (exact) mass is 544 g/mol. The summed E-state index contributed by atoms with van der Waals surface area (Å²) in [5.74, 6) is 2.46. The maximum Gasteiger partial charge on any atom is 0.311 e. The Balaban J connectivity index is 1.83. The van der Waals surface area contributed by atoms with Crippen molar-refractivity contribution in [3.8, 4) is 0 Å². The Labute approximate surface area is 238 Å². The molecule has 5 heteroatoms. The van der Waals surface area contributed by atoms with E-state index < -0.39 is 5.41 Å². The lowest BCUT2D eigenvalue weighted by molar-refractivity contribution is -0.159. The fourth-order valence-electron chi connectivity index (χ4n) is 7.47. The van der Waals surface area contributed by atoms with Gasteiger partial charge in [0.05, 0.1) is 30.8 Å². The van der Waals surface area contributed by atoms with Gasteiger partial charge in [0.25, 0.3) is 0 Å². The molecule has 0 radical (unpaired) electrons. The molecule has 0 bridgehead atoms. The van der Waals surface area contributed by atoms with Gasteiger partial charge < -0.3 is 18.9 Å². The van der Waals surface area contributed by atoms with Gasteiger partial charge in [-0.25, -0.2) is 0 Å². The van der Waals surface area contributed by atoms with E-state index in [-0.39, 0.29) is 29.5 Å². The zero-order chi connectivity index (χ0) is 28.6. The minimum absolute atomic E-state index is 0.111. The van der Waals surface area contributed by atoms with Crippen LogP contribution >= 0.6 is 0 Å². The molecule has 2 aliphatic rings. The SMILES string of the molecule is COCO[C@H]1C[C@H]([C@H](C)CCCC(C)C)[C@@]2(C)CC[C@@H](OCc3ccccc3)[C@@H](CCOC(=O)C(C)(C)C)[C@H]12. The molecule has 1 aromatic rings. The fourth-order valence-corrected chi connectivity index (χ4v) is 7.47. The van der Waals surface area contributed by atoms with Crippen molar-refractivity contribution in [2.75, 3.05) is 20.5 Å². The molecule has 7 atom stereocenters. The second kappa shape index (κ2) is 14.5. The number of carbonyl (C=O) groups is 1. The van der Waals surface area contributed by atoms with E-state index in [1.807, 2.05) is 26.8 Å². The van der Waals surface area contributed by atoms with E-state index in [9.17, 15) is 4.79 Å². The Morgan fingerprint density at radius 2 is 1.77 bits per heavy atom. The summed E-state index contributed by atoms with van der Waals surface area (Å²) in [7, 11) is 1.70. The minimum atomic E-state index is -0.502. The highest BCUT2D eigenvalue weighted by atomic mass is 16.7. The number of rotatable bonds is 14. The molecule has 2 aliphatic carbocycles. The predicted octanol–water partition coefficient (Wildman–Crippen LogP) is 8.06. The Kier molecular flexibility index (Phi) is 11.9. The van der Waals surface area contributed by atoms with Gasteiger partial charge >= 0.3 is 5.97 Å². The molecule has 2 fully saturated rings. The summed E-state index contributed by atoms with van der Waals surface area (Å²) < 4.78 is 24.3. The molecule has 0 aromatic heterocycles. The number of esters is 1. The third kappa shape index (κ3) is 8.53. The Hall–Kier alpha value is -1.43. The van der Waals surface area contributed by atoms with E-state index in [1.165, 1.54) is 24.8 Å². The molecule has 0 heterocycles. The van der Waals surface area contributed by atoms with Crippen LogP contribution in [0.2, 0.25) is 0 Å². The molecule has 0 spiro atoms. The van der Waals surface area contributed by atoms with Gasteiger partial charge in [0.1, 0.15) is 6.79 Å². The van der Waals surface area contributed by atoms with Gasteiger partial charge in [-0.15, -0.1) is 0 Å². The number of carbonyl (C=O) groups excluding carboxylic acids is 1. The van der Waals surface area contributed by atoms with E-state index in [2.05, 4.69) is 52.0 Å². The van der Waals surface area contributed by atoms with Crippen molar-refractivity contribution in [1.29, 1.82) is 0 Å². The van der Waals surface area contributed by atoms with E-state index in [1.54, 1.807) is 7.11 Å². The number of fused-ring (bicyclic) bond motifs is 1. The topological polar surface area (TPSA) is 54.0 Å². The average molecular weight is 545 g/mol. The van der Waals surface area contributed by atoms with Crippen molar-refractivity contribution in [3.63, 3.8) is 0 Å². The van der Waals surface area contributed by atoms with Crippen LogP contribution in [-0.4, -0.2) is 38.7 Å². The molecular weight excluding hydrogens is 488 g/mol. The minimum Gasteiger partial charge on any atom is -0.465 e. The molecule has 222 valence electrons. The number of benzene rings is 1. The van der Waals surface area contributed by atoms with Gasteiger partial charge in [0.15, 0.2) is 0 Å². The molecule has 2 saturated carbocycles. The van der Waals surface area contributed by atoms with Crippen LogP contribution in [0.1, 0.15) is 99.0 Å². The van der Waals surface area contributed by atoms with Crippen LogP contribution in [0.3, 0.4) is 0 Å². The average Bonchev–Trinajstić information content (AvgIpc) is 3.18. The highest BCUT2D eigenvalue weighted by molar-refractivity contribution is 5.75. The van der Waals surface area contributed by atoms with Gasteiger partial charge in [0, 0.05) is 7.11 Å². The maximum absolute atomic E-state index is 12.6. The second-order valence-electron chi connectivity index (χ2n) is 14.0. The zero-order valence-corrected chi connectivity index (χ0v) is 26.0. The third-order valence-corrected chi connectivity index (χ3v) is 9.53. The van der Waals surface area contributed by atoms with Crippen LogP contribution in [0.25, 0.3) is 0 Å². The number of methoxy groups -OCH3 is 1. The van der Waals surface area contributed by atoms with Crippen molar-refractivity contribution in [1.82, 2.24) is 0 Å². The summed E-state index contributed by atoms with van der Waals surface area (Å²) in [6.45, 7) is 16.7. The first-order valence-electron chi connectivity index (χ1n) is 15.4. The smallest absolute Gasteiger partial charge is 0.311 e. The lowest BCUT2D eigenvalue weighted by Gasteiger charge is -2.50. The molecule has 0 unspecified atom stereocenters. The molecule has 1 aromatic carbocycles. The second-order valence-corrected chi connectivity index (χ2v) is 14.0.